The van der Waals surface area contributed by atoms with Crippen molar-refractivity contribution in [2.75, 3.05) is 0 Å². The third kappa shape index (κ3) is 2.96. The Hall–Kier alpha value is -1.67. The monoisotopic (exact) mass is 243 g/mol. The van der Waals surface area contributed by atoms with Crippen LogP contribution < -0.4 is 5.32 Å². The van der Waals surface area contributed by atoms with Crippen LogP contribution in [0.2, 0.25) is 0 Å². The molecule has 0 aliphatic carbocycles. The second-order valence-electron chi connectivity index (χ2n) is 4.55. The first-order chi connectivity index (χ1) is 8.68. The lowest BCUT2D eigenvalue weighted by molar-refractivity contribution is 0.543. The molecule has 0 amide bonds. The van der Waals surface area contributed by atoms with Gasteiger partial charge in [-0.2, -0.15) is 0 Å². The summed E-state index contributed by atoms with van der Waals surface area (Å²) in [6, 6.07) is 15.4. The van der Waals surface area contributed by atoms with Gasteiger partial charge in [0.05, 0.1) is 0 Å². The molecule has 1 N–H and O–H groups in total. The van der Waals surface area contributed by atoms with Gasteiger partial charge in [-0.1, -0.05) is 42.5 Å². The Morgan fingerprint density at radius 3 is 2.44 bits per heavy atom. The molecule has 0 bridgehead atoms. The van der Waals surface area contributed by atoms with Crippen molar-refractivity contribution in [3.63, 3.8) is 0 Å². The molecule has 0 saturated heterocycles. The number of aryl methyl sites for hydroxylation is 1. The van der Waals surface area contributed by atoms with Crippen molar-refractivity contribution < 1.29 is 4.39 Å². The van der Waals surface area contributed by atoms with Crippen molar-refractivity contribution in [3.8, 4) is 0 Å². The molecule has 2 aromatic carbocycles. The molecule has 0 fully saturated rings. The van der Waals surface area contributed by atoms with Gasteiger partial charge in [0, 0.05) is 18.2 Å². The fourth-order valence-electron chi connectivity index (χ4n) is 2.09. The fourth-order valence-corrected chi connectivity index (χ4v) is 2.09. The molecule has 0 aromatic heterocycles. The van der Waals surface area contributed by atoms with Crippen LogP contribution in [0.15, 0.2) is 48.5 Å². The molecule has 0 aliphatic rings. The van der Waals surface area contributed by atoms with E-state index in [-0.39, 0.29) is 11.9 Å². The highest BCUT2D eigenvalue weighted by Gasteiger charge is 2.08. The van der Waals surface area contributed by atoms with Gasteiger partial charge in [0.2, 0.25) is 0 Å². The lowest BCUT2D eigenvalue weighted by atomic mass is 10.0. The SMILES string of the molecule is Cc1ccccc1[C@H](C)NCc1ccccc1F. The molecule has 2 aromatic rings. The Bertz CT molecular complexity index is 522. The summed E-state index contributed by atoms with van der Waals surface area (Å²) in [7, 11) is 0. The van der Waals surface area contributed by atoms with Crippen LogP contribution in [-0.2, 0) is 6.54 Å². The van der Waals surface area contributed by atoms with E-state index in [0.29, 0.717) is 12.1 Å². The van der Waals surface area contributed by atoms with E-state index >= 15 is 0 Å². The first kappa shape index (κ1) is 12.8. The zero-order valence-electron chi connectivity index (χ0n) is 10.8. The van der Waals surface area contributed by atoms with Gasteiger partial charge in [-0.25, -0.2) is 4.39 Å². The molecule has 2 heteroatoms. The minimum atomic E-state index is -0.151. The zero-order chi connectivity index (χ0) is 13.0. The maximum Gasteiger partial charge on any atom is 0.127 e. The van der Waals surface area contributed by atoms with E-state index in [1.807, 2.05) is 24.3 Å². The van der Waals surface area contributed by atoms with Crippen molar-refractivity contribution >= 4 is 0 Å². The van der Waals surface area contributed by atoms with Gasteiger partial charge in [-0.3, -0.25) is 0 Å². The van der Waals surface area contributed by atoms with E-state index < -0.39 is 0 Å². The molecular weight excluding hydrogens is 225 g/mol. The first-order valence-electron chi connectivity index (χ1n) is 6.21. The molecule has 2 rings (SSSR count). The third-order valence-corrected chi connectivity index (χ3v) is 3.21. The summed E-state index contributed by atoms with van der Waals surface area (Å²) >= 11 is 0. The van der Waals surface area contributed by atoms with Crippen LogP contribution in [0.4, 0.5) is 4.39 Å². The number of hydrogen-bond acceptors (Lipinski definition) is 1. The smallest absolute Gasteiger partial charge is 0.127 e. The maximum absolute atomic E-state index is 13.5. The molecule has 94 valence electrons. The van der Waals surface area contributed by atoms with Crippen LogP contribution in [0.5, 0.6) is 0 Å². The second kappa shape index (κ2) is 5.78. The Balaban J connectivity index is 2.03. The van der Waals surface area contributed by atoms with Gasteiger partial charge >= 0.3 is 0 Å². The molecule has 0 radical (unpaired) electrons. The first-order valence-corrected chi connectivity index (χ1v) is 6.21. The normalized spacial score (nSPS) is 12.4. The maximum atomic E-state index is 13.5. The highest BCUT2D eigenvalue weighted by Crippen LogP contribution is 2.17. The van der Waals surface area contributed by atoms with E-state index in [1.165, 1.54) is 17.2 Å². The van der Waals surface area contributed by atoms with E-state index in [9.17, 15) is 4.39 Å². The third-order valence-electron chi connectivity index (χ3n) is 3.21. The van der Waals surface area contributed by atoms with E-state index in [2.05, 4.69) is 31.3 Å². The standard InChI is InChI=1S/C16H18FN/c1-12-7-3-5-9-15(12)13(2)18-11-14-8-4-6-10-16(14)17/h3-10,13,18H,11H2,1-2H3/t13-/m0/s1. The summed E-state index contributed by atoms with van der Waals surface area (Å²) in [6.07, 6.45) is 0. The lowest BCUT2D eigenvalue weighted by Gasteiger charge is -2.16. The number of nitrogens with one attached hydrogen (secondary N) is 1. The molecule has 0 unspecified atom stereocenters. The Labute approximate surface area is 108 Å². The Morgan fingerprint density at radius 2 is 1.72 bits per heavy atom. The van der Waals surface area contributed by atoms with Gasteiger partial charge < -0.3 is 5.32 Å². The molecule has 1 nitrogen and oxygen atoms in total. The van der Waals surface area contributed by atoms with Crippen LogP contribution in [0.25, 0.3) is 0 Å². The van der Waals surface area contributed by atoms with Crippen LogP contribution >= 0.6 is 0 Å². The minimum Gasteiger partial charge on any atom is -0.306 e. The quantitative estimate of drug-likeness (QED) is 0.856. The summed E-state index contributed by atoms with van der Waals surface area (Å²) < 4.78 is 13.5. The van der Waals surface area contributed by atoms with Crippen molar-refractivity contribution in [3.05, 3.63) is 71.0 Å². The molecule has 0 heterocycles. The predicted molar refractivity (Wildman–Crippen MR) is 72.8 cm³/mol. The molecule has 0 spiro atoms. The van der Waals surface area contributed by atoms with Crippen molar-refractivity contribution in [2.24, 2.45) is 0 Å². The number of rotatable bonds is 4. The van der Waals surface area contributed by atoms with Gasteiger partial charge in [-0.05, 0) is 31.0 Å². The van der Waals surface area contributed by atoms with Crippen LogP contribution in [0.3, 0.4) is 0 Å². The van der Waals surface area contributed by atoms with Crippen LogP contribution in [-0.4, -0.2) is 0 Å². The highest BCUT2D eigenvalue weighted by molar-refractivity contribution is 5.28. The summed E-state index contributed by atoms with van der Waals surface area (Å²) in [6.45, 7) is 4.74. The van der Waals surface area contributed by atoms with Crippen molar-refractivity contribution in [1.82, 2.24) is 5.32 Å². The lowest BCUT2D eigenvalue weighted by Crippen LogP contribution is -2.19. The van der Waals surface area contributed by atoms with Gasteiger partial charge in [-0.15, -0.1) is 0 Å². The van der Waals surface area contributed by atoms with Crippen molar-refractivity contribution in [2.45, 2.75) is 26.4 Å². The summed E-state index contributed by atoms with van der Waals surface area (Å²) in [5, 5.41) is 3.36. The van der Waals surface area contributed by atoms with Gasteiger partial charge in [0.15, 0.2) is 0 Å². The molecule has 0 aliphatic heterocycles. The van der Waals surface area contributed by atoms with Crippen LogP contribution in [0.1, 0.15) is 29.7 Å². The summed E-state index contributed by atoms with van der Waals surface area (Å²) in [5.74, 6) is -0.151. The molecule has 0 saturated carbocycles. The Morgan fingerprint density at radius 1 is 1.06 bits per heavy atom. The molecular formula is C16H18FN. The zero-order valence-corrected chi connectivity index (χ0v) is 10.8. The predicted octanol–water partition coefficient (Wildman–Crippen LogP) is 3.98. The Kier molecular flexibility index (Phi) is 4.11. The molecule has 18 heavy (non-hydrogen) atoms. The number of halogens is 1. The van der Waals surface area contributed by atoms with Crippen molar-refractivity contribution in [1.29, 1.82) is 0 Å². The second-order valence-corrected chi connectivity index (χ2v) is 4.55. The van der Waals surface area contributed by atoms with E-state index in [4.69, 9.17) is 0 Å². The number of benzene rings is 2. The summed E-state index contributed by atoms with van der Waals surface area (Å²) in [5.41, 5.74) is 3.22. The summed E-state index contributed by atoms with van der Waals surface area (Å²) in [4.78, 5) is 0. The average Bonchev–Trinajstić information content (AvgIpc) is 2.38. The highest BCUT2D eigenvalue weighted by atomic mass is 19.1. The van der Waals surface area contributed by atoms with Crippen LogP contribution in [0, 0.1) is 12.7 Å². The molecule has 1 atom stereocenters. The fraction of sp³-hybridized carbons (Fsp3) is 0.250. The van der Waals surface area contributed by atoms with Gasteiger partial charge in [0.1, 0.15) is 5.82 Å². The largest absolute Gasteiger partial charge is 0.306 e. The topological polar surface area (TPSA) is 12.0 Å². The van der Waals surface area contributed by atoms with Gasteiger partial charge in [0.25, 0.3) is 0 Å². The van der Waals surface area contributed by atoms with E-state index in [0.717, 1.165) is 0 Å². The van der Waals surface area contributed by atoms with E-state index in [1.54, 1.807) is 6.07 Å². The number of hydrogen-bond donors (Lipinski definition) is 1. The average molecular weight is 243 g/mol. The minimum absolute atomic E-state index is 0.151.